The van der Waals surface area contributed by atoms with Gasteiger partial charge in [0, 0.05) is 37.2 Å². The molecule has 16 heteroatoms. The lowest BCUT2D eigenvalue weighted by molar-refractivity contribution is -0.122. The molecule has 4 N–H and O–H groups in total. The van der Waals surface area contributed by atoms with Gasteiger partial charge in [-0.05, 0) is 69.3 Å². The van der Waals surface area contributed by atoms with Crippen molar-refractivity contribution in [1.82, 2.24) is 44.4 Å². The van der Waals surface area contributed by atoms with Crippen LogP contribution in [0.2, 0.25) is 0 Å². The monoisotopic (exact) mass is 755 g/mol. The van der Waals surface area contributed by atoms with Crippen molar-refractivity contribution in [3.05, 3.63) is 77.9 Å². The lowest BCUT2D eigenvalue weighted by atomic mass is 9.85. The number of hydrogen-bond acceptors (Lipinski definition) is 10. The quantitative estimate of drug-likeness (QED) is 0.130. The predicted octanol–water partition coefficient (Wildman–Crippen LogP) is 5.19. The Morgan fingerprint density at radius 3 is 2.58 bits per heavy atom. The zero-order chi connectivity index (χ0) is 39.1. The minimum Gasteiger partial charge on any atom is -0.484 e. The number of benzene rings is 1. The largest absolute Gasteiger partial charge is 0.484 e. The van der Waals surface area contributed by atoms with Crippen molar-refractivity contribution >= 4 is 29.9 Å². The van der Waals surface area contributed by atoms with E-state index in [1.54, 1.807) is 10.9 Å². The predicted molar refractivity (Wildman–Crippen MR) is 209 cm³/mol. The Labute approximate surface area is 321 Å². The molecule has 0 bridgehead atoms. The molecule has 1 aromatic carbocycles. The van der Waals surface area contributed by atoms with Gasteiger partial charge >= 0.3 is 6.03 Å². The van der Waals surface area contributed by atoms with Gasteiger partial charge in [-0.3, -0.25) is 19.2 Å². The smallest absolute Gasteiger partial charge is 0.320 e. The van der Waals surface area contributed by atoms with Crippen molar-refractivity contribution in [2.45, 2.75) is 89.9 Å². The summed E-state index contributed by atoms with van der Waals surface area (Å²) >= 11 is 0. The molecule has 16 nitrogen and oxygen atoms in total. The summed E-state index contributed by atoms with van der Waals surface area (Å²) in [5.41, 5.74) is 4.27. The second-order valence-electron chi connectivity index (χ2n) is 15.3. The fourth-order valence-electron chi connectivity index (χ4n) is 7.19. The average molecular weight is 756 g/mol. The molecule has 7 rings (SSSR count). The number of anilines is 2. The number of amides is 2. The highest BCUT2D eigenvalue weighted by Crippen LogP contribution is 2.39. The summed E-state index contributed by atoms with van der Waals surface area (Å²) < 4.78 is 12.3. The highest BCUT2D eigenvalue weighted by molar-refractivity contribution is 5.89. The van der Waals surface area contributed by atoms with E-state index in [1.807, 2.05) is 63.8 Å². The molecular weight excluding hydrogens is 703 g/mol. The van der Waals surface area contributed by atoms with E-state index in [4.69, 9.17) is 19.7 Å². The maximum absolute atomic E-state index is 13.7. The number of urea groups is 1. The van der Waals surface area contributed by atoms with Crippen LogP contribution in [0, 0.1) is 0 Å². The summed E-state index contributed by atoms with van der Waals surface area (Å²) in [5.74, 6) is 2.18. The van der Waals surface area contributed by atoms with Crippen LogP contribution in [0.4, 0.5) is 16.6 Å². The van der Waals surface area contributed by atoms with Crippen LogP contribution in [0.3, 0.4) is 0 Å². The number of nitrogens with zero attached hydrogens (tertiary/aromatic N) is 9. The van der Waals surface area contributed by atoms with Crippen LogP contribution < -0.4 is 20.3 Å². The van der Waals surface area contributed by atoms with E-state index >= 15 is 0 Å². The second-order valence-corrected chi connectivity index (χ2v) is 15.3. The Balaban J connectivity index is 0.00000166. The molecule has 5 aromatic rings. The van der Waals surface area contributed by atoms with E-state index in [0.717, 1.165) is 72.2 Å². The van der Waals surface area contributed by atoms with Crippen LogP contribution in [0.15, 0.2) is 61.1 Å². The number of ether oxygens (including phenoxy) is 1. The van der Waals surface area contributed by atoms with Gasteiger partial charge in [0.15, 0.2) is 5.65 Å². The van der Waals surface area contributed by atoms with Gasteiger partial charge in [-0.1, -0.05) is 45.0 Å². The number of pyridine rings is 1. The van der Waals surface area contributed by atoms with Crippen LogP contribution in [0.5, 0.6) is 5.75 Å². The molecule has 0 spiro atoms. The summed E-state index contributed by atoms with van der Waals surface area (Å²) in [6.45, 7) is 11.4. The normalized spacial score (nSPS) is 18.4. The van der Waals surface area contributed by atoms with Crippen molar-refractivity contribution in [3.8, 4) is 11.4 Å². The van der Waals surface area contributed by atoms with Gasteiger partial charge < -0.3 is 30.1 Å². The first-order chi connectivity index (χ1) is 26.5. The van der Waals surface area contributed by atoms with Gasteiger partial charge in [0.25, 0.3) is 6.47 Å². The molecule has 3 atom stereocenters. The maximum atomic E-state index is 13.7. The van der Waals surface area contributed by atoms with Crippen LogP contribution in [0.25, 0.3) is 11.3 Å². The molecule has 1 fully saturated rings. The maximum Gasteiger partial charge on any atom is 0.320 e. The molecule has 1 aliphatic carbocycles. The second kappa shape index (κ2) is 17.3. The number of carbonyl (C=O) groups is 2. The fraction of sp³-hybridized carbons (Fsp3) is 0.487. The van der Waals surface area contributed by atoms with Crippen molar-refractivity contribution in [2.75, 3.05) is 43.5 Å². The molecular formula is C39H53N11O5. The molecule has 2 amide bonds. The average Bonchev–Trinajstić information content (AvgIpc) is 3.91. The first kappa shape index (κ1) is 39.2. The molecule has 55 heavy (non-hydrogen) atoms. The summed E-state index contributed by atoms with van der Waals surface area (Å²) in [5, 5.41) is 40.8. The highest BCUT2D eigenvalue weighted by atomic mass is 16.5. The van der Waals surface area contributed by atoms with Crippen molar-refractivity contribution < 1.29 is 24.5 Å². The third-order valence-corrected chi connectivity index (χ3v) is 10.2. The SMILES string of the molecule is CC1CCCCN1c1nnc2ccc(OC3CCC(NC(=O)Nc4cc(C(C)(C)C)nn4-c4cnn(CCN(C)CCO)c4)c4ccccc43)cn12.O=CO. The van der Waals surface area contributed by atoms with Crippen molar-refractivity contribution in [1.29, 1.82) is 0 Å². The molecule has 1 saturated heterocycles. The third kappa shape index (κ3) is 9.25. The number of carbonyl (C=O) groups excluding carboxylic acids is 1. The zero-order valence-electron chi connectivity index (χ0n) is 32.3. The van der Waals surface area contributed by atoms with Crippen LogP contribution in [-0.4, -0.2) is 101 Å². The topological polar surface area (TPSA) is 180 Å². The van der Waals surface area contributed by atoms with Gasteiger partial charge in [-0.25, -0.2) is 9.48 Å². The molecule has 0 radical (unpaired) electrons. The number of fused-ring (bicyclic) bond motifs is 2. The lowest BCUT2D eigenvalue weighted by Crippen LogP contribution is -2.38. The van der Waals surface area contributed by atoms with Gasteiger partial charge in [0.2, 0.25) is 5.95 Å². The molecule has 294 valence electrons. The molecule has 0 saturated carbocycles. The Morgan fingerprint density at radius 2 is 1.84 bits per heavy atom. The van der Waals surface area contributed by atoms with Crippen molar-refractivity contribution in [3.63, 3.8) is 0 Å². The number of aliphatic hydroxyl groups excluding tert-OH is 1. The van der Waals surface area contributed by atoms with Gasteiger partial charge in [-0.2, -0.15) is 10.2 Å². The number of carboxylic acid groups (broad SMARTS) is 1. The summed E-state index contributed by atoms with van der Waals surface area (Å²) in [7, 11) is 1.97. The first-order valence-corrected chi connectivity index (χ1v) is 18.9. The Morgan fingerprint density at radius 1 is 1.05 bits per heavy atom. The number of aliphatic hydroxyl groups is 1. The van der Waals surface area contributed by atoms with Crippen LogP contribution in [0.1, 0.15) is 88.8 Å². The minimum atomic E-state index is -0.309. The number of rotatable bonds is 11. The van der Waals surface area contributed by atoms with Gasteiger partial charge in [0.05, 0.1) is 43.5 Å². The number of aromatic nitrogens is 7. The molecule has 5 heterocycles. The van der Waals surface area contributed by atoms with Crippen molar-refractivity contribution in [2.24, 2.45) is 0 Å². The molecule has 4 aromatic heterocycles. The standard InChI is InChI=1S/C38H51N11O3.CH2O2/c1-26-10-8-9-17-47(26)37-43-42-34-16-13-28(25-48(34)37)52-32-15-14-31(29-11-6-7-12-30(29)32)40-36(51)41-35-22-33(38(2,3)4)44-49(35)27-23-39-46(24-27)19-18-45(5)20-21-50;2-1-3/h6-7,11-13,16,22-26,31-32,50H,8-10,14-15,17-21H2,1-5H3,(H2,40,41,51);1H,(H,2,3). The molecule has 1 aliphatic heterocycles. The fourth-order valence-corrected chi connectivity index (χ4v) is 7.19. The Kier molecular flexibility index (Phi) is 12.4. The first-order valence-electron chi connectivity index (χ1n) is 18.9. The van der Waals surface area contributed by atoms with E-state index in [-0.39, 0.29) is 36.7 Å². The lowest BCUT2D eigenvalue weighted by Gasteiger charge is -2.33. The van der Waals surface area contributed by atoms with Crippen LogP contribution in [-0.2, 0) is 16.8 Å². The summed E-state index contributed by atoms with van der Waals surface area (Å²) in [4.78, 5) is 26.4. The number of nitrogens with one attached hydrogen (secondary N) is 2. The Bertz CT molecular complexity index is 2050. The van der Waals surface area contributed by atoms with E-state index in [1.165, 1.54) is 6.42 Å². The number of piperidine rings is 1. The highest BCUT2D eigenvalue weighted by Gasteiger charge is 2.31. The van der Waals surface area contributed by atoms with Gasteiger partial charge in [-0.15, -0.1) is 10.2 Å². The molecule has 3 unspecified atom stereocenters. The van der Waals surface area contributed by atoms with E-state index in [0.29, 0.717) is 31.4 Å². The summed E-state index contributed by atoms with van der Waals surface area (Å²) in [6.07, 6.45) is 10.5. The Hall–Kier alpha value is -5.48. The number of likely N-dealkylation sites (N-methyl/N-ethyl adjacent to an activating group) is 1. The minimum absolute atomic E-state index is 0.114. The molecule has 2 aliphatic rings. The summed E-state index contributed by atoms with van der Waals surface area (Å²) in [6, 6.07) is 14.0. The van der Waals surface area contributed by atoms with Gasteiger partial charge in [0.1, 0.15) is 23.4 Å². The van der Waals surface area contributed by atoms with E-state index < -0.39 is 0 Å². The van der Waals surface area contributed by atoms with E-state index in [9.17, 15) is 9.90 Å². The zero-order valence-corrected chi connectivity index (χ0v) is 32.3. The van der Waals surface area contributed by atoms with Crippen LogP contribution >= 0.6 is 0 Å². The third-order valence-electron chi connectivity index (χ3n) is 10.2. The number of hydrogen-bond donors (Lipinski definition) is 4. The van der Waals surface area contributed by atoms with E-state index in [2.05, 4.69) is 70.7 Å².